The molecule has 1 spiro atoms. The van der Waals surface area contributed by atoms with Gasteiger partial charge < -0.3 is 10.4 Å². The first-order chi connectivity index (χ1) is 11.0. The van der Waals surface area contributed by atoms with Crippen molar-refractivity contribution in [1.29, 1.82) is 0 Å². The van der Waals surface area contributed by atoms with E-state index in [9.17, 15) is 14.4 Å². The second-order valence-electron chi connectivity index (χ2n) is 5.70. The maximum Gasteiger partial charge on any atom is 0.328 e. The van der Waals surface area contributed by atoms with Crippen molar-refractivity contribution in [2.24, 2.45) is 0 Å². The Morgan fingerprint density at radius 2 is 1.91 bits per heavy atom. The summed E-state index contributed by atoms with van der Waals surface area (Å²) < 4.78 is 0. The van der Waals surface area contributed by atoms with E-state index < -0.39 is 17.5 Å². The van der Waals surface area contributed by atoms with Crippen molar-refractivity contribution < 1.29 is 19.5 Å². The molecule has 3 rings (SSSR count). The van der Waals surface area contributed by atoms with Crippen molar-refractivity contribution in [1.82, 2.24) is 10.4 Å². The molecule has 0 radical (unpaired) electrons. The van der Waals surface area contributed by atoms with Crippen LogP contribution >= 0.6 is 0 Å². The van der Waals surface area contributed by atoms with Crippen LogP contribution in [-0.4, -0.2) is 33.6 Å². The van der Waals surface area contributed by atoms with Crippen LogP contribution in [0.15, 0.2) is 36.4 Å². The lowest BCUT2D eigenvalue weighted by molar-refractivity contribution is -0.132. The molecule has 0 bridgehead atoms. The van der Waals surface area contributed by atoms with Gasteiger partial charge in [0.2, 0.25) is 0 Å². The first kappa shape index (κ1) is 15.1. The molecule has 1 fully saturated rings. The van der Waals surface area contributed by atoms with Crippen molar-refractivity contribution >= 4 is 23.5 Å². The Bertz CT molecular complexity index is 692. The number of rotatable bonds is 3. The van der Waals surface area contributed by atoms with E-state index in [-0.39, 0.29) is 5.91 Å². The number of carboxylic acid groups (broad SMARTS) is 1. The number of anilines is 1. The summed E-state index contributed by atoms with van der Waals surface area (Å²) in [6.07, 6.45) is 4.97. The molecule has 3 N–H and O–H groups in total. The Morgan fingerprint density at radius 1 is 1.22 bits per heavy atom. The molecule has 120 valence electrons. The first-order valence-corrected chi connectivity index (χ1v) is 7.45. The molecule has 1 saturated carbocycles. The van der Waals surface area contributed by atoms with Crippen LogP contribution in [0, 0.1) is 0 Å². The Hall–Kier alpha value is -2.83. The van der Waals surface area contributed by atoms with E-state index in [1.165, 1.54) is 5.01 Å². The summed E-state index contributed by atoms with van der Waals surface area (Å²) in [7, 11) is 0. The summed E-state index contributed by atoms with van der Waals surface area (Å²) in [4.78, 5) is 35.2. The zero-order valence-electron chi connectivity index (χ0n) is 12.4. The molecule has 0 unspecified atom stereocenters. The summed E-state index contributed by atoms with van der Waals surface area (Å²) in [6, 6.07) is 7.15. The molecule has 1 aliphatic carbocycles. The van der Waals surface area contributed by atoms with Gasteiger partial charge in [-0.3, -0.25) is 15.0 Å². The van der Waals surface area contributed by atoms with Crippen molar-refractivity contribution in [3.8, 4) is 0 Å². The number of carbonyl (C=O) groups is 3. The van der Waals surface area contributed by atoms with E-state index in [4.69, 9.17) is 5.11 Å². The van der Waals surface area contributed by atoms with E-state index in [1.54, 1.807) is 12.1 Å². The minimum absolute atomic E-state index is 0.293. The van der Waals surface area contributed by atoms with Crippen LogP contribution in [0.2, 0.25) is 0 Å². The number of carbonyl (C=O) groups excluding carboxylic acids is 2. The number of benzene rings is 1. The van der Waals surface area contributed by atoms with Gasteiger partial charge in [-0.2, -0.15) is 0 Å². The number of carboxylic acids is 1. The fraction of sp³-hybridized carbons (Fsp3) is 0.312. The Balaban J connectivity index is 1.91. The molecule has 7 nitrogen and oxygen atoms in total. The topological polar surface area (TPSA) is 98.7 Å². The number of amides is 2. The van der Waals surface area contributed by atoms with E-state index in [0.717, 1.165) is 43.5 Å². The summed E-state index contributed by atoms with van der Waals surface area (Å²) in [6.45, 7) is 0. The Labute approximate surface area is 132 Å². The minimum Gasteiger partial charge on any atom is -0.478 e. The van der Waals surface area contributed by atoms with Crippen molar-refractivity contribution in [2.75, 3.05) is 5.32 Å². The standard InChI is InChI=1S/C16H17N3O4/c20-13(7-8-14(21)22)18-19-15(23)11-5-1-2-6-12(11)17-16(19)9-3-4-10-16/h1-2,5-8,17H,3-4,9-10H2,(H,18,20)(H,21,22)/b8-7+. The Kier molecular flexibility index (Phi) is 3.77. The van der Waals surface area contributed by atoms with E-state index in [1.807, 2.05) is 12.1 Å². The van der Waals surface area contributed by atoms with Crippen molar-refractivity contribution in [3.63, 3.8) is 0 Å². The van der Waals surface area contributed by atoms with Gasteiger partial charge in [0, 0.05) is 17.8 Å². The van der Waals surface area contributed by atoms with Gasteiger partial charge in [-0.05, 0) is 37.8 Å². The molecule has 1 aliphatic heterocycles. The van der Waals surface area contributed by atoms with Gasteiger partial charge in [0.15, 0.2) is 0 Å². The predicted molar refractivity (Wildman–Crippen MR) is 82.4 cm³/mol. The number of fused-ring (bicyclic) bond motifs is 1. The van der Waals surface area contributed by atoms with Gasteiger partial charge in [-0.25, -0.2) is 9.80 Å². The maximum atomic E-state index is 12.8. The number of hydrazine groups is 1. The van der Waals surface area contributed by atoms with Crippen LogP contribution in [0.3, 0.4) is 0 Å². The van der Waals surface area contributed by atoms with Crippen molar-refractivity contribution in [3.05, 3.63) is 42.0 Å². The molecule has 0 aromatic heterocycles. The highest BCUT2D eigenvalue weighted by atomic mass is 16.4. The normalized spacial score (nSPS) is 18.8. The highest BCUT2D eigenvalue weighted by Gasteiger charge is 2.47. The van der Waals surface area contributed by atoms with E-state index in [2.05, 4.69) is 10.7 Å². The highest BCUT2D eigenvalue weighted by Crippen LogP contribution is 2.40. The van der Waals surface area contributed by atoms with Gasteiger partial charge in [-0.15, -0.1) is 0 Å². The zero-order chi connectivity index (χ0) is 16.4. The SMILES string of the molecule is O=C(O)/C=C/C(=O)NN1C(=O)c2ccccc2NC12CCCC2. The van der Waals surface area contributed by atoms with E-state index >= 15 is 0 Å². The largest absolute Gasteiger partial charge is 0.478 e. The summed E-state index contributed by atoms with van der Waals surface area (Å²) in [5.74, 6) is -2.16. The maximum absolute atomic E-state index is 12.8. The summed E-state index contributed by atoms with van der Waals surface area (Å²) in [5.41, 5.74) is 3.11. The van der Waals surface area contributed by atoms with Gasteiger partial charge >= 0.3 is 5.97 Å². The fourth-order valence-electron chi connectivity index (χ4n) is 3.16. The molecular formula is C16H17N3O4. The van der Waals surface area contributed by atoms with Crippen LogP contribution in [-0.2, 0) is 9.59 Å². The summed E-state index contributed by atoms with van der Waals surface area (Å²) >= 11 is 0. The molecule has 1 aromatic rings. The fourth-order valence-corrected chi connectivity index (χ4v) is 3.16. The molecule has 1 heterocycles. The minimum atomic E-state index is -1.22. The van der Waals surface area contributed by atoms with Crippen LogP contribution < -0.4 is 10.7 Å². The smallest absolute Gasteiger partial charge is 0.328 e. The van der Waals surface area contributed by atoms with Gasteiger partial charge in [0.05, 0.1) is 5.56 Å². The van der Waals surface area contributed by atoms with Crippen LogP contribution in [0.25, 0.3) is 0 Å². The highest BCUT2D eigenvalue weighted by molar-refractivity contribution is 6.04. The van der Waals surface area contributed by atoms with Gasteiger partial charge in [-0.1, -0.05) is 12.1 Å². The monoisotopic (exact) mass is 315 g/mol. The summed E-state index contributed by atoms with van der Waals surface area (Å²) in [5, 5.41) is 13.3. The van der Waals surface area contributed by atoms with Gasteiger partial charge in [0.1, 0.15) is 5.66 Å². The zero-order valence-corrected chi connectivity index (χ0v) is 12.4. The number of para-hydroxylation sites is 1. The molecule has 23 heavy (non-hydrogen) atoms. The number of aliphatic carboxylic acids is 1. The van der Waals surface area contributed by atoms with Crippen molar-refractivity contribution in [2.45, 2.75) is 31.3 Å². The number of nitrogens with zero attached hydrogens (tertiary/aromatic N) is 1. The molecule has 7 heteroatoms. The molecule has 2 amide bonds. The van der Waals surface area contributed by atoms with Gasteiger partial charge in [0.25, 0.3) is 11.8 Å². The third-order valence-electron chi connectivity index (χ3n) is 4.19. The van der Waals surface area contributed by atoms with Crippen LogP contribution in [0.5, 0.6) is 0 Å². The average Bonchev–Trinajstić information content (AvgIpc) is 2.98. The second kappa shape index (κ2) is 5.75. The number of nitrogens with one attached hydrogen (secondary N) is 2. The lowest BCUT2D eigenvalue weighted by Gasteiger charge is -2.45. The molecule has 0 saturated heterocycles. The molecule has 2 aliphatic rings. The molecular weight excluding hydrogens is 298 g/mol. The quantitative estimate of drug-likeness (QED) is 0.734. The number of hydrogen-bond acceptors (Lipinski definition) is 4. The first-order valence-electron chi connectivity index (χ1n) is 7.45. The predicted octanol–water partition coefficient (Wildman–Crippen LogP) is 1.50. The molecule has 1 aromatic carbocycles. The number of hydrogen-bond donors (Lipinski definition) is 3. The third-order valence-corrected chi connectivity index (χ3v) is 4.19. The lowest BCUT2D eigenvalue weighted by atomic mass is 9.99. The Morgan fingerprint density at radius 3 is 2.61 bits per heavy atom. The lowest BCUT2D eigenvalue weighted by Crippen LogP contribution is -2.64. The van der Waals surface area contributed by atoms with Crippen LogP contribution in [0.1, 0.15) is 36.0 Å². The van der Waals surface area contributed by atoms with E-state index in [0.29, 0.717) is 5.56 Å². The van der Waals surface area contributed by atoms with Crippen LogP contribution in [0.4, 0.5) is 5.69 Å². The third kappa shape index (κ3) is 2.77. The second-order valence-corrected chi connectivity index (χ2v) is 5.70. The average molecular weight is 315 g/mol. The molecule has 0 atom stereocenters.